The predicted molar refractivity (Wildman–Crippen MR) is 92.3 cm³/mol. The molecule has 3 aromatic rings. The molecule has 0 radical (unpaired) electrons. The van der Waals surface area contributed by atoms with Gasteiger partial charge in [-0.15, -0.1) is 0 Å². The molecule has 2 aromatic carbocycles. The van der Waals surface area contributed by atoms with E-state index in [1.165, 1.54) is 6.07 Å². The minimum absolute atomic E-state index is 0.164. The summed E-state index contributed by atoms with van der Waals surface area (Å²) >= 11 is 0. The number of pyridine rings is 1. The number of amides is 1. The number of rotatable bonds is 4. The lowest BCUT2D eigenvalue weighted by atomic mass is 10.1. The van der Waals surface area contributed by atoms with Gasteiger partial charge in [0.2, 0.25) is 0 Å². The van der Waals surface area contributed by atoms with Crippen LogP contribution in [-0.4, -0.2) is 10.9 Å². The summed E-state index contributed by atoms with van der Waals surface area (Å²) in [7, 11) is 0. The van der Waals surface area contributed by atoms with Crippen LogP contribution in [0.25, 0.3) is 0 Å². The average Bonchev–Trinajstić information content (AvgIpc) is 2.62. The highest BCUT2D eigenvalue weighted by atomic mass is 19.1. The Labute approximate surface area is 140 Å². The van der Waals surface area contributed by atoms with Gasteiger partial charge < -0.3 is 4.90 Å². The Morgan fingerprint density at radius 1 is 1.04 bits per heavy atom. The highest BCUT2D eigenvalue weighted by molar-refractivity contribution is 6.05. The molecule has 1 heterocycles. The van der Waals surface area contributed by atoms with E-state index in [9.17, 15) is 9.18 Å². The fraction of sp³-hybridized carbons (Fsp3) is 0.100. The summed E-state index contributed by atoms with van der Waals surface area (Å²) < 4.78 is 14.2. The molecule has 0 spiro atoms. The molecule has 0 bridgehead atoms. The van der Waals surface area contributed by atoms with Gasteiger partial charge in [-0.3, -0.25) is 9.78 Å². The van der Waals surface area contributed by atoms with Crippen molar-refractivity contribution in [3.05, 3.63) is 95.6 Å². The molecule has 0 fully saturated rings. The molecule has 1 amide bonds. The van der Waals surface area contributed by atoms with E-state index < -0.39 is 0 Å². The second-order valence-corrected chi connectivity index (χ2v) is 5.56. The van der Waals surface area contributed by atoms with Crippen LogP contribution in [0.5, 0.6) is 0 Å². The molecule has 1 aromatic heterocycles. The molecular weight excluding hydrogens is 303 g/mol. The molecule has 0 aliphatic carbocycles. The van der Waals surface area contributed by atoms with E-state index in [2.05, 4.69) is 4.98 Å². The monoisotopic (exact) mass is 320 g/mol. The van der Waals surface area contributed by atoms with Crippen LogP contribution in [0, 0.1) is 12.7 Å². The number of hydrogen-bond donors (Lipinski definition) is 0. The third kappa shape index (κ3) is 3.49. The first kappa shape index (κ1) is 15.9. The standard InChI is InChI=1S/C20H17FN2O/c1-15-7-8-17(19(21)13-15)14-23(18-5-3-2-4-6-18)20(24)16-9-11-22-12-10-16/h2-13H,14H2,1H3. The number of aryl methyl sites for hydroxylation is 1. The van der Waals surface area contributed by atoms with Crippen molar-refractivity contribution < 1.29 is 9.18 Å². The average molecular weight is 320 g/mol. The summed E-state index contributed by atoms with van der Waals surface area (Å²) in [5.74, 6) is -0.498. The molecule has 0 aliphatic rings. The number of hydrogen-bond acceptors (Lipinski definition) is 2. The number of benzene rings is 2. The first-order valence-corrected chi connectivity index (χ1v) is 7.67. The van der Waals surface area contributed by atoms with Crippen molar-refractivity contribution in [3.63, 3.8) is 0 Å². The van der Waals surface area contributed by atoms with Gasteiger partial charge in [-0.05, 0) is 42.8 Å². The van der Waals surface area contributed by atoms with Crippen molar-refractivity contribution in [2.24, 2.45) is 0 Å². The minimum atomic E-state index is -0.307. The topological polar surface area (TPSA) is 33.2 Å². The largest absolute Gasteiger partial charge is 0.304 e. The van der Waals surface area contributed by atoms with Crippen LogP contribution in [0.15, 0.2) is 73.1 Å². The lowest BCUT2D eigenvalue weighted by Crippen LogP contribution is -2.30. The highest BCUT2D eigenvalue weighted by Gasteiger charge is 2.19. The molecule has 0 saturated heterocycles. The summed E-state index contributed by atoms with van der Waals surface area (Å²) in [6.07, 6.45) is 3.14. The van der Waals surface area contributed by atoms with Gasteiger partial charge in [-0.2, -0.15) is 0 Å². The van der Waals surface area contributed by atoms with Gasteiger partial charge in [0.05, 0.1) is 6.54 Å². The van der Waals surface area contributed by atoms with Crippen molar-refractivity contribution in [1.82, 2.24) is 4.98 Å². The van der Waals surface area contributed by atoms with Gasteiger partial charge in [0.1, 0.15) is 5.82 Å². The summed E-state index contributed by atoms with van der Waals surface area (Å²) in [4.78, 5) is 18.4. The molecule has 3 rings (SSSR count). The third-order valence-electron chi connectivity index (χ3n) is 3.78. The number of para-hydroxylation sites is 1. The molecular formula is C20H17FN2O. The Morgan fingerprint density at radius 3 is 2.42 bits per heavy atom. The molecule has 4 heteroatoms. The van der Waals surface area contributed by atoms with Crippen LogP contribution in [0.3, 0.4) is 0 Å². The normalized spacial score (nSPS) is 10.4. The van der Waals surface area contributed by atoms with E-state index in [4.69, 9.17) is 0 Å². The molecule has 0 N–H and O–H groups in total. The molecule has 24 heavy (non-hydrogen) atoms. The summed E-state index contributed by atoms with van der Waals surface area (Å²) in [5, 5.41) is 0. The Balaban J connectivity index is 1.98. The second-order valence-electron chi connectivity index (χ2n) is 5.56. The number of carbonyl (C=O) groups is 1. The highest BCUT2D eigenvalue weighted by Crippen LogP contribution is 2.21. The first-order valence-electron chi connectivity index (χ1n) is 7.67. The predicted octanol–water partition coefficient (Wildman–Crippen LogP) is 4.38. The van der Waals surface area contributed by atoms with Crippen LogP contribution in [0.2, 0.25) is 0 Å². The maximum absolute atomic E-state index is 14.2. The van der Waals surface area contributed by atoms with Gasteiger partial charge in [-0.25, -0.2) is 4.39 Å². The minimum Gasteiger partial charge on any atom is -0.304 e. The zero-order valence-electron chi connectivity index (χ0n) is 13.3. The molecule has 0 unspecified atom stereocenters. The van der Waals surface area contributed by atoms with Gasteiger partial charge in [0.15, 0.2) is 0 Å². The van der Waals surface area contributed by atoms with E-state index in [1.54, 1.807) is 35.5 Å². The maximum Gasteiger partial charge on any atom is 0.258 e. The van der Waals surface area contributed by atoms with Gasteiger partial charge in [0, 0.05) is 29.2 Å². The molecule has 0 aliphatic heterocycles. The summed E-state index contributed by atoms with van der Waals surface area (Å²) in [6.45, 7) is 2.00. The Morgan fingerprint density at radius 2 is 1.75 bits per heavy atom. The van der Waals surface area contributed by atoms with Crippen LogP contribution < -0.4 is 4.90 Å². The van der Waals surface area contributed by atoms with Gasteiger partial charge >= 0.3 is 0 Å². The Bertz CT molecular complexity index is 835. The van der Waals surface area contributed by atoms with Crippen molar-refractivity contribution in [1.29, 1.82) is 0 Å². The maximum atomic E-state index is 14.2. The van der Waals surface area contributed by atoms with Crippen molar-refractivity contribution in [2.45, 2.75) is 13.5 Å². The third-order valence-corrected chi connectivity index (χ3v) is 3.78. The van der Waals surface area contributed by atoms with Crippen molar-refractivity contribution >= 4 is 11.6 Å². The lowest BCUT2D eigenvalue weighted by Gasteiger charge is -2.23. The quantitative estimate of drug-likeness (QED) is 0.715. The van der Waals surface area contributed by atoms with Crippen LogP contribution >= 0.6 is 0 Å². The summed E-state index contributed by atoms with van der Waals surface area (Å²) in [5.41, 5.74) is 2.57. The Hall–Kier alpha value is -3.01. The number of aromatic nitrogens is 1. The van der Waals surface area contributed by atoms with E-state index >= 15 is 0 Å². The number of anilines is 1. The SMILES string of the molecule is Cc1ccc(CN(C(=O)c2ccncc2)c2ccccc2)c(F)c1. The van der Waals surface area contributed by atoms with Gasteiger partial charge in [-0.1, -0.05) is 30.3 Å². The molecule has 120 valence electrons. The van der Waals surface area contributed by atoms with Crippen molar-refractivity contribution in [3.8, 4) is 0 Å². The van der Waals surface area contributed by atoms with Crippen molar-refractivity contribution in [2.75, 3.05) is 4.90 Å². The second kappa shape index (κ2) is 7.04. The zero-order valence-corrected chi connectivity index (χ0v) is 13.3. The number of carbonyl (C=O) groups excluding carboxylic acids is 1. The fourth-order valence-electron chi connectivity index (χ4n) is 2.49. The fourth-order valence-corrected chi connectivity index (χ4v) is 2.49. The number of nitrogens with zero attached hydrogens (tertiary/aromatic N) is 2. The number of halogens is 1. The lowest BCUT2D eigenvalue weighted by molar-refractivity contribution is 0.0985. The smallest absolute Gasteiger partial charge is 0.258 e. The molecule has 0 atom stereocenters. The van der Waals surface area contributed by atoms with Gasteiger partial charge in [0.25, 0.3) is 5.91 Å². The van der Waals surface area contributed by atoms with E-state index in [1.807, 2.05) is 43.3 Å². The van der Waals surface area contributed by atoms with E-state index in [0.717, 1.165) is 11.3 Å². The first-order chi connectivity index (χ1) is 11.6. The zero-order chi connectivity index (χ0) is 16.9. The van der Waals surface area contributed by atoms with Crippen LogP contribution in [0.1, 0.15) is 21.5 Å². The van der Waals surface area contributed by atoms with Crippen LogP contribution in [0.4, 0.5) is 10.1 Å². The van der Waals surface area contributed by atoms with Crippen LogP contribution in [-0.2, 0) is 6.54 Å². The van der Waals surface area contributed by atoms with E-state index in [-0.39, 0.29) is 18.3 Å². The summed E-state index contributed by atoms with van der Waals surface area (Å²) in [6, 6.07) is 17.6. The molecule has 3 nitrogen and oxygen atoms in total. The Kier molecular flexibility index (Phi) is 4.66. The van der Waals surface area contributed by atoms with E-state index in [0.29, 0.717) is 11.1 Å². The molecule has 0 saturated carbocycles.